The lowest BCUT2D eigenvalue weighted by molar-refractivity contribution is 0.0732. The summed E-state index contributed by atoms with van der Waals surface area (Å²) in [6, 6.07) is 15.5. The van der Waals surface area contributed by atoms with Crippen LogP contribution >= 0.6 is 15.9 Å². The molecule has 0 amide bonds. The number of carbonyl (C=O) groups excluding carboxylic acids is 2. The molecule has 0 bridgehead atoms. The third kappa shape index (κ3) is 3.99. The van der Waals surface area contributed by atoms with Crippen LogP contribution in [0.5, 0.6) is 23.0 Å². The number of hydrogen-bond donors (Lipinski definition) is 0. The molecule has 3 aromatic carbocycles. The summed E-state index contributed by atoms with van der Waals surface area (Å²) in [5, 5.41) is 0. The number of halogens is 1. The normalized spacial score (nSPS) is 13.5. The van der Waals surface area contributed by atoms with Gasteiger partial charge >= 0.3 is 5.97 Å². The van der Waals surface area contributed by atoms with E-state index in [0.29, 0.717) is 49.7 Å². The Labute approximate surface area is 193 Å². The lowest BCUT2D eigenvalue weighted by Gasteiger charge is -2.11. The maximum Gasteiger partial charge on any atom is 0.344 e. The minimum Gasteiger partial charge on any atom is -0.497 e. The predicted molar refractivity (Wildman–Crippen MR) is 123 cm³/mol. The van der Waals surface area contributed by atoms with Gasteiger partial charge in [0.15, 0.2) is 5.76 Å². The van der Waals surface area contributed by atoms with Crippen molar-refractivity contribution in [2.24, 2.45) is 0 Å². The number of Topliss-reactive ketones (excluding diaryl/α,β-unsaturated/α-hetero) is 1. The van der Waals surface area contributed by atoms with E-state index >= 15 is 0 Å². The van der Waals surface area contributed by atoms with Crippen molar-refractivity contribution in [1.29, 1.82) is 0 Å². The highest BCUT2D eigenvalue weighted by Gasteiger charge is 2.31. The van der Waals surface area contributed by atoms with Crippen molar-refractivity contribution in [3.63, 3.8) is 0 Å². The van der Waals surface area contributed by atoms with Crippen molar-refractivity contribution in [3.05, 3.63) is 87.1 Å². The van der Waals surface area contributed by atoms with E-state index in [-0.39, 0.29) is 11.5 Å². The molecule has 32 heavy (non-hydrogen) atoms. The van der Waals surface area contributed by atoms with Gasteiger partial charge in [-0.2, -0.15) is 0 Å². The molecule has 0 fully saturated rings. The molecule has 0 N–H and O–H groups in total. The Kier molecular flexibility index (Phi) is 6.01. The van der Waals surface area contributed by atoms with Gasteiger partial charge in [0, 0.05) is 15.6 Å². The monoisotopic (exact) mass is 494 g/mol. The molecule has 0 aromatic heterocycles. The second-order valence-electron chi connectivity index (χ2n) is 6.98. The summed E-state index contributed by atoms with van der Waals surface area (Å²) < 4.78 is 22.7. The maximum absolute atomic E-state index is 12.9. The molecule has 162 valence electrons. The van der Waals surface area contributed by atoms with E-state index in [0.717, 1.165) is 0 Å². The Morgan fingerprint density at radius 1 is 1.00 bits per heavy atom. The fourth-order valence-electron chi connectivity index (χ4n) is 3.35. The van der Waals surface area contributed by atoms with E-state index in [2.05, 4.69) is 15.9 Å². The standard InChI is InChI=1S/C25H19BrO6/c1-14-20(32-25(28)17-6-4-5-7-19(17)26)11-9-18-23(27)22(31-24(14)18)13-15-12-16(29-2)8-10-21(15)30-3/h4-13H,1-3H3/b22-13-. The minimum absolute atomic E-state index is 0.143. The van der Waals surface area contributed by atoms with Crippen molar-refractivity contribution in [3.8, 4) is 23.0 Å². The van der Waals surface area contributed by atoms with Gasteiger partial charge in [-0.3, -0.25) is 4.79 Å². The maximum atomic E-state index is 12.9. The molecule has 1 aliphatic heterocycles. The van der Waals surface area contributed by atoms with Crippen LogP contribution < -0.4 is 18.9 Å². The molecule has 3 aromatic rings. The van der Waals surface area contributed by atoms with Crippen LogP contribution in [0, 0.1) is 6.92 Å². The van der Waals surface area contributed by atoms with E-state index in [1.54, 1.807) is 75.8 Å². The van der Waals surface area contributed by atoms with Gasteiger partial charge in [-0.15, -0.1) is 0 Å². The summed E-state index contributed by atoms with van der Waals surface area (Å²) in [6.45, 7) is 1.74. The summed E-state index contributed by atoms with van der Waals surface area (Å²) in [5.74, 6) is 1.24. The Morgan fingerprint density at radius 3 is 2.47 bits per heavy atom. The van der Waals surface area contributed by atoms with Gasteiger partial charge in [0.2, 0.25) is 5.78 Å². The molecule has 1 aliphatic rings. The van der Waals surface area contributed by atoms with Crippen LogP contribution in [0.3, 0.4) is 0 Å². The zero-order valence-electron chi connectivity index (χ0n) is 17.6. The van der Waals surface area contributed by atoms with E-state index < -0.39 is 5.97 Å². The van der Waals surface area contributed by atoms with Gasteiger partial charge in [-0.25, -0.2) is 4.79 Å². The third-order valence-electron chi connectivity index (χ3n) is 5.06. The Morgan fingerprint density at radius 2 is 1.75 bits per heavy atom. The Bertz CT molecular complexity index is 1260. The minimum atomic E-state index is -0.512. The molecule has 0 spiro atoms. The molecule has 4 rings (SSSR count). The first-order valence-electron chi connectivity index (χ1n) is 9.69. The number of ether oxygens (including phenoxy) is 4. The molecule has 0 atom stereocenters. The lowest BCUT2D eigenvalue weighted by atomic mass is 10.1. The number of esters is 1. The third-order valence-corrected chi connectivity index (χ3v) is 5.75. The van der Waals surface area contributed by atoms with Crippen molar-refractivity contribution in [1.82, 2.24) is 0 Å². The fourth-order valence-corrected chi connectivity index (χ4v) is 3.80. The van der Waals surface area contributed by atoms with Crippen LogP contribution in [0.25, 0.3) is 6.08 Å². The average Bonchev–Trinajstić information content (AvgIpc) is 3.11. The first kappa shape index (κ1) is 21.6. The highest BCUT2D eigenvalue weighted by Crippen LogP contribution is 2.40. The highest BCUT2D eigenvalue weighted by molar-refractivity contribution is 9.10. The Balaban J connectivity index is 1.65. The number of rotatable bonds is 5. The van der Waals surface area contributed by atoms with Crippen molar-refractivity contribution < 1.29 is 28.5 Å². The smallest absolute Gasteiger partial charge is 0.344 e. The average molecular weight is 495 g/mol. The Hall–Kier alpha value is -3.58. The number of allylic oxidation sites excluding steroid dienone is 1. The van der Waals surface area contributed by atoms with E-state index in [1.807, 2.05) is 6.07 Å². The molecule has 1 heterocycles. The van der Waals surface area contributed by atoms with Gasteiger partial charge in [-0.1, -0.05) is 12.1 Å². The van der Waals surface area contributed by atoms with Crippen molar-refractivity contribution >= 4 is 33.8 Å². The van der Waals surface area contributed by atoms with Crippen LogP contribution in [-0.4, -0.2) is 26.0 Å². The van der Waals surface area contributed by atoms with Crippen LogP contribution in [0.15, 0.2) is 64.8 Å². The quantitative estimate of drug-likeness (QED) is 0.260. The van der Waals surface area contributed by atoms with Crippen molar-refractivity contribution in [2.75, 3.05) is 14.2 Å². The predicted octanol–water partition coefficient (Wildman–Crippen LogP) is 5.61. The van der Waals surface area contributed by atoms with Crippen molar-refractivity contribution in [2.45, 2.75) is 6.92 Å². The van der Waals surface area contributed by atoms with Gasteiger partial charge in [-0.05, 0) is 71.4 Å². The van der Waals surface area contributed by atoms with E-state index in [1.165, 1.54) is 0 Å². The first-order valence-corrected chi connectivity index (χ1v) is 10.5. The molecular formula is C25H19BrO6. The van der Waals surface area contributed by atoms with Gasteiger partial charge in [0.05, 0.1) is 25.3 Å². The summed E-state index contributed by atoms with van der Waals surface area (Å²) in [5.41, 5.74) is 1.99. The topological polar surface area (TPSA) is 71.1 Å². The molecule has 6 nitrogen and oxygen atoms in total. The van der Waals surface area contributed by atoms with Crippen LogP contribution in [-0.2, 0) is 0 Å². The summed E-state index contributed by atoms with van der Waals surface area (Å²) in [6.07, 6.45) is 1.61. The second-order valence-corrected chi connectivity index (χ2v) is 7.84. The largest absolute Gasteiger partial charge is 0.497 e. The molecule has 0 saturated carbocycles. The van der Waals surface area contributed by atoms with Gasteiger partial charge in [0.1, 0.15) is 23.0 Å². The number of ketones is 1. The molecule has 0 saturated heterocycles. The van der Waals surface area contributed by atoms with Gasteiger partial charge < -0.3 is 18.9 Å². The first-order chi connectivity index (χ1) is 15.4. The van der Waals surface area contributed by atoms with E-state index in [9.17, 15) is 9.59 Å². The summed E-state index contributed by atoms with van der Waals surface area (Å²) in [4.78, 5) is 25.5. The molecule has 0 radical (unpaired) electrons. The number of methoxy groups -OCH3 is 2. The highest BCUT2D eigenvalue weighted by atomic mass is 79.9. The molecular weight excluding hydrogens is 476 g/mol. The number of hydrogen-bond acceptors (Lipinski definition) is 6. The number of carbonyl (C=O) groups is 2. The summed E-state index contributed by atoms with van der Waals surface area (Å²) >= 11 is 3.35. The van der Waals surface area contributed by atoms with Crippen LogP contribution in [0.4, 0.5) is 0 Å². The zero-order valence-corrected chi connectivity index (χ0v) is 19.2. The molecule has 7 heteroatoms. The SMILES string of the molecule is COc1ccc(OC)c(/C=C2\Oc3c(ccc(OC(=O)c4ccccc4Br)c3C)C2=O)c1. The van der Waals surface area contributed by atoms with Crippen LogP contribution in [0.2, 0.25) is 0 Å². The molecule has 0 aliphatic carbocycles. The van der Waals surface area contributed by atoms with Crippen LogP contribution in [0.1, 0.15) is 31.8 Å². The zero-order chi connectivity index (χ0) is 22.8. The second kappa shape index (κ2) is 8.88. The lowest BCUT2D eigenvalue weighted by Crippen LogP contribution is -2.10. The summed E-state index contributed by atoms with van der Waals surface area (Å²) in [7, 11) is 3.11. The fraction of sp³-hybridized carbons (Fsp3) is 0.120. The number of fused-ring (bicyclic) bond motifs is 1. The van der Waals surface area contributed by atoms with Gasteiger partial charge in [0.25, 0.3) is 0 Å². The molecule has 0 unspecified atom stereocenters. The van der Waals surface area contributed by atoms with E-state index in [4.69, 9.17) is 18.9 Å². The number of benzene rings is 3.